The molecule has 3 nitrogen and oxygen atoms in total. The molecule has 0 saturated carbocycles. The summed E-state index contributed by atoms with van der Waals surface area (Å²) in [5.74, 6) is 2.20. The van der Waals surface area contributed by atoms with Gasteiger partial charge < -0.3 is 10.0 Å². The Morgan fingerprint density at radius 3 is 3.07 bits per heavy atom. The van der Waals surface area contributed by atoms with Crippen molar-refractivity contribution in [2.75, 3.05) is 31.2 Å². The number of aliphatic hydroxyl groups excluding tert-OH is 1. The molecule has 0 spiro atoms. The molecule has 0 aliphatic carbocycles. The lowest BCUT2D eigenvalue weighted by molar-refractivity contribution is -0.132. The Balaban J connectivity index is 2.12. The first-order valence-corrected chi connectivity index (χ1v) is 7.44. The number of hydrogen-bond donors (Lipinski definition) is 1. The number of alkyl halides is 1. The summed E-state index contributed by atoms with van der Waals surface area (Å²) in [4.78, 5) is 13.7. The number of likely N-dealkylation sites (tertiary alicyclic amines) is 1. The highest BCUT2D eigenvalue weighted by Gasteiger charge is 2.25. The van der Waals surface area contributed by atoms with Crippen LogP contribution in [0.1, 0.15) is 19.3 Å². The van der Waals surface area contributed by atoms with E-state index in [1.807, 2.05) is 4.90 Å². The highest BCUT2D eigenvalue weighted by Crippen LogP contribution is 2.18. The number of amides is 1. The second-order valence-corrected chi connectivity index (χ2v) is 5.95. The smallest absolute Gasteiger partial charge is 0.236 e. The molecule has 88 valence electrons. The zero-order valence-corrected chi connectivity index (χ0v) is 11.2. The molecule has 1 aliphatic heterocycles. The van der Waals surface area contributed by atoms with Crippen LogP contribution in [0, 0.1) is 0 Å². The van der Waals surface area contributed by atoms with Crippen LogP contribution < -0.4 is 0 Å². The van der Waals surface area contributed by atoms with Gasteiger partial charge in [-0.1, -0.05) is 15.9 Å². The lowest BCUT2D eigenvalue weighted by Crippen LogP contribution is -2.42. The van der Waals surface area contributed by atoms with Crippen LogP contribution in [0.3, 0.4) is 0 Å². The summed E-state index contributed by atoms with van der Waals surface area (Å²) >= 11 is 5.20. The van der Waals surface area contributed by atoms with E-state index in [1.54, 1.807) is 11.8 Å². The first kappa shape index (κ1) is 13.3. The van der Waals surface area contributed by atoms with E-state index >= 15 is 0 Å². The molecular formula is C10H18BrNO2S. The van der Waals surface area contributed by atoms with Crippen LogP contribution in [-0.4, -0.2) is 51.9 Å². The van der Waals surface area contributed by atoms with Crippen molar-refractivity contribution in [3.63, 3.8) is 0 Å². The molecule has 1 unspecified atom stereocenters. The third-order valence-corrected chi connectivity index (χ3v) is 4.32. The van der Waals surface area contributed by atoms with E-state index < -0.39 is 0 Å². The van der Waals surface area contributed by atoms with Crippen LogP contribution in [0.4, 0.5) is 0 Å². The number of piperidine rings is 1. The van der Waals surface area contributed by atoms with E-state index in [9.17, 15) is 4.79 Å². The average molecular weight is 296 g/mol. The molecule has 1 N–H and O–H groups in total. The highest BCUT2D eigenvalue weighted by atomic mass is 79.9. The Bertz CT molecular complexity index is 204. The molecule has 0 aromatic rings. The molecule has 1 amide bonds. The summed E-state index contributed by atoms with van der Waals surface area (Å²) in [7, 11) is 0. The molecule has 1 aliphatic rings. The number of hydrogen-bond acceptors (Lipinski definition) is 3. The summed E-state index contributed by atoms with van der Waals surface area (Å²) in [6.07, 6.45) is 2.91. The number of aliphatic hydroxyl groups is 1. The maximum atomic E-state index is 11.7. The Morgan fingerprint density at radius 1 is 1.53 bits per heavy atom. The summed E-state index contributed by atoms with van der Waals surface area (Å²) < 4.78 is 0. The van der Waals surface area contributed by atoms with Crippen molar-refractivity contribution in [1.82, 2.24) is 4.90 Å². The zero-order chi connectivity index (χ0) is 11.1. The number of carbonyl (C=O) groups excluding carboxylic acids is 1. The second kappa shape index (κ2) is 7.52. The van der Waals surface area contributed by atoms with Gasteiger partial charge in [0.1, 0.15) is 0 Å². The summed E-state index contributed by atoms with van der Waals surface area (Å²) in [5.41, 5.74) is 0. The van der Waals surface area contributed by atoms with Crippen LogP contribution in [0.25, 0.3) is 0 Å². The zero-order valence-electron chi connectivity index (χ0n) is 8.82. The van der Waals surface area contributed by atoms with Gasteiger partial charge in [-0.3, -0.25) is 4.79 Å². The quantitative estimate of drug-likeness (QED) is 0.596. The van der Waals surface area contributed by atoms with Crippen LogP contribution in [0.2, 0.25) is 0 Å². The number of halogens is 1. The van der Waals surface area contributed by atoms with Gasteiger partial charge in [0.05, 0.1) is 4.83 Å². The van der Waals surface area contributed by atoms with Crippen molar-refractivity contribution in [2.45, 2.75) is 24.1 Å². The Labute approximate surface area is 104 Å². The summed E-state index contributed by atoms with van der Waals surface area (Å²) in [6.45, 7) is 2.01. The molecule has 0 aromatic heterocycles. The lowest BCUT2D eigenvalue weighted by Gasteiger charge is -2.29. The topological polar surface area (TPSA) is 40.5 Å². The molecule has 1 atom stereocenters. The molecule has 5 heteroatoms. The van der Waals surface area contributed by atoms with Gasteiger partial charge in [-0.15, -0.1) is 0 Å². The van der Waals surface area contributed by atoms with E-state index in [2.05, 4.69) is 15.9 Å². The standard InChI is InChI=1S/C10H18BrNO2S/c11-9-3-1-4-12(10(9)14)5-8-15-7-2-6-13/h9,13H,1-8H2. The predicted octanol–water partition coefficient (Wildman–Crippen LogP) is 1.49. The third kappa shape index (κ3) is 4.74. The van der Waals surface area contributed by atoms with Crippen molar-refractivity contribution in [2.24, 2.45) is 0 Å². The molecular weight excluding hydrogens is 278 g/mol. The van der Waals surface area contributed by atoms with Gasteiger partial charge in [0.25, 0.3) is 0 Å². The van der Waals surface area contributed by atoms with E-state index in [0.717, 1.165) is 43.9 Å². The molecule has 0 aromatic carbocycles. The van der Waals surface area contributed by atoms with Crippen molar-refractivity contribution in [3.8, 4) is 0 Å². The Kier molecular flexibility index (Phi) is 6.68. The van der Waals surface area contributed by atoms with Gasteiger partial charge in [-0.25, -0.2) is 0 Å². The summed E-state index contributed by atoms with van der Waals surface area (Å²) in [6, 6.07) is 0. The first-order chi connectivity index (χ1) is 7.25. The number of thioether (sulfide) groups is 1. The minimum atomic E-state index is 0.0358. The molecule has 15 heavy (non-hydrogen) atoms. The van der Waals surface area contributed by atoms with E-state index in [4.69, 9.17) is 5.11 Å². The van der Waals surface area contributed by atoms with Crippen LogP contribution in [-0.2, 0) is 4.79 Å². The number of carbonyl (C=O) groups is 1. The van der Waals surface area contributed by atoms with E-state index in [0.29, 0.717) is 0 Å². The minimum Gasteiger partial charge on any atom is -0.396 e. The third-order valence-electron chi connectivity index (χ3n) is 2.42. The van der Waals surface area contributed by atoms with Crippen LogP contribution >= 0.6 is 27.7 Å². The van der Waals surface area contributed by atoms with Gasteiger partial charge in [0.15, 0.2) is 0 Å². The van der Waals surface area contributed by atoms with Gasteiger partial charge in [0.2, 0.25) is 5.91 Å². The minimum absolute atomic E-state index is 0.0358. The van der Waals surface area contributed by atoms with Crippen LogP contribution in [0.5, 0.6) is 0 Å². The molecule has 0 radical (unpaired) electrons. The molecule has 1 rings (SSSR count). The predicted molar refractivity (Wildman–Crippen MR) is 67.6 cm³/mol. The van der Waals surface area contributed by atoms with Crippen molar-refractivity contribution >= 4 is 33.6 Å². The highest BCUT2D eigenvalue weighted by molar-refractivity contribution is 9.10. The Hall–Kier alpha value is 0.260. The monoisotopic (exact) mass is 295 g/mol. The van der Waals surface area contributed by atoms with E-state index in [1.165, 1.54) is 0 Å². The normalized spacial score (nSPS) is 22.1. The van der Waals surface area contributed by atoms with Gasteiger partial charge >= 0.3 is 0 Å². The van der Waals surface area contributed by atoms with Gasteiger partial charge in [0, 0.05) is 25.4 Å². The maximum Gasteiger partial charge on any atom is 0.236 e. The first-order valence-electron chi connectivity index (χ1n) is 5.37. The van der Waals surface area contributed by atoms with Crippen molar-refractivity contribution in [3.05, 3.63) is 0 Å². The second-order valence-electron chi connectivity index (χ2n) is 3.62. The van der Waals surface area contributed by atoms with Crippen molar-refractivity contribution in [1.29, 1.82) is 0 Å². The maximum absolute atomic E-state index is 11.7. The molecule has 1 heterocycles. The lowest BCUT2D eigenvalue weighted by atomic mass is 10.1. The fourth-order valence-electron chi connectivity index (χ4n) is 1.56. The SMILES string of the molecule is O=C1C(Br)CCCN1CCSCCCO. The van der Waals surface area contributed by atoms with Gasteiger partial charge in [-0.05, 0) is 25.0 Å². The van der Waals surface area contributed by atoms with Crippen LogP contribution in [0.15, 0.2) is 0 Å². The molecule has 0 bridgehead atoms. The van der Waals surface area contributed by atoms with Crippen molar-refractivity contribution < 1.29 is 9.90 Å². The van der Waals surface area contributed by atoms with Gasteiger partial charge in [-0.2, -0.15) is 11.8 Å². The average Bonchev–Trinajstić information content (AvgIpc) is 2.24. The number of nitrogens with zero attached hydrogens (tertiary/aromatic N) is 1. The molecule has 1 fully saturated rings. The fourth-order valence-corrected chi connectivity index (χ4v) is 3.06. The Morgan fingerprint density at radius 2 is 2.33 bits per heavy atom. The van der Waals surface area contributed by atoms with E-state index in [-0.39, 0.29) is 17.3 Å². The number of rotatable bonds is 6. The largest absolute Gasteiger partial charge is 0.396 e. The molecule has 1 saturated heterocycles. The fraction of sp³-hybridized carbons (Fsp3) is 0.900. The summed E-state index contributed by atoms with van der Waals surface area (Å²) in [5, 5.41) is 8.61.